The van der Waals surface area contributed by atoms with Crippen molar-refractivity contribution in [1.82, 2.24) is 0 Å². The molecule has 0 unspecified atom stereocenters. The molecule has 0 bridgehead atoms. The monoisotopic (exact) mass is 214 g/mol. The Morgan fingerprint density at radius 3 is 2.69 bits per heavy atom. The van der Waals surface area contributed by atoms with Crippen LogP contribution in [-0.4, -0.2) is 18.1 Å². The number of anilines is 1. The van der Waals surface area contributed by atoms with Crippen LogP contribution in [0.1, 0.15) is 19.3 Å². The summed E-state index contributed by atoms with van der Waals surface area (Å²) in [6, 6.07) is 10.6. The molecule has 1 atom stereocenters. The first-order chi connectivity index (χ1) is 7.84. The molecule has 2 fully saturated rings. The Morgan fingerprint density at radius 2 is 2.06 bits per heavy atom. The summed E-state index contributed by atoms with van der Waals surface area (Å²) in [6.45, 7) is 0.869. The highest BCUT2D eigenvalue weighted by Crippen LogP contribution is 2.51. The summed E-state index contributed by atoms with van der Waals surface area (Å²) in [7, 11) is 0. The number of hydrogen-bond acceptors (Lipinski definition) is 2. The highest BCUT2D eigenvalue weighted by atomic mass is 15.3. The maximum atomic E-state index is 8.51. The van der Waals surface area contributed by atoms with Gasteiger partial charge in [-0.3, -0.25) is 0 Å². The SMILES string of the molecule is [N-]=[N+]=N[C@H]1CN(c2ccccc2)C2(CC2)C1. The molecule has 1 aromatic rings. The summed E-state index contributed by atoms with van der Waals surface area (Å²) in [5.41, 5.74) is 10.1. The van der Waals surface area contributed by atoms with Gasteiger partial charge in [-0.25, -0.2) is 0 Å². The highest BCUT2D eigenvalue weighted by molar-refractivity contribution is 5.53. The van der Waals surface area contributed by atoms with Crippen LogP contribution in [-0.2, 0) is 0 Å². The molecular formula is C12H14N4. The highest BCUT2D eigenvalue weighted by Gasteiger charge is 2.53. The molecule has 1 saturated carbocycles. The van der Waals surface area contributed by atoms with Gasteiger partial charge in [0, 0.05) is 22.7 Å². The van der Waals surface area contributed by atoms with E-state index in [0.717, 1.165) is 13.0 Å². The number of hydrogen-bond donors (Lipinski definition) is 0. The second-order valence-electron chi connectivity index (χ2n) is 4.73. The average molecular weight is 214 g/mol. The van der Waals surface area contributed by atoms with Crippen LogP contribution in [0.25, 0.3) is 10.4 Å². The van der Waals surface area contributed by atoms with Gasteiger partial charge in [0.05, 0.1) is 6.04 Å². The van der Waals surface area contributed by atoms with E-state index in [0.29, 0.717) is 5.54 Å². The van der Waals surface area contributed by atoms with E-state index in [-0.39, 0.29) is 6.04 Å². The Balaban J connectivity index is 1.88. The first kappa shape index (κ1) is 9.55. The van der Waals surface area contributed by atoms with Gasteiger partial charge in [-0.05, 0) is 36.9 Å². The standard InChI is InChI=1S/C12H14N4/c13-15-14-10-8-12(6-7-12)16(9-10)11-4-2-1-3-5-11/h1-5,10H,6-9H2/t10-/m1/s1. The van der Waals surface area contributed by atoms with E-state index in [1.807, 2.05) is 6.07 Å². The van der Waals surface area contributed by atoms with Crippen LogP contribution in [0.2, 0.25) is 0 Å². The van der Waals surface area contributed by atoms with Gasteiger partial charge >= 0.3 is 0 Å². The van der Waals surface area contributed by atoms with E-state index >= 15 is 0 Å². The third-order valence-electron chi connectivity index (χ3n) is 3.69. The minimum atomic E-state index is 0.146. The fraction of sp³-hybridized carbons (Fsp3) is 0.500. The fourth-order valence-electron chi connectivity index (χ4n) is 2.77. The summed E-state index contributed by atoms with van der Waals surface area (Å²) in [5, 5.41) is 3.87. The third kappa shape index (κ3) is 1.42. The summed E-state index contributed by atoms with van der Waals surface area (Å²) < 4.78 is 0. The summed E-state index contributed by atoms with van der Waals surface area (Å²) in [6.07, 6.45) is 3.49. The van der Waals surface area contributed by atoms with E-state index in [2.05, 4.69) is 39.2 Å². The van der Waals surface area contributed by atoms with Gasteiger partial charge in [-0.2, -0.15) is 0 Å². The second-order valence-corrected chi connectivity index (χ2v) is 4.73. The van der Waals surface area contributed by atoms with Crippen molar-refractivity contribution in [2.24, 2.45) is 5.11 Å². The van der Waals surface area contributed by atoms with Crippen LogP contribution in [0, 0.1) is 0 Å². The van der Waals surface area contributed by atoms with Gasteiger partial charge in [0.1, 0.15) is 0 Å². The predicted octanol–water partition coefficient (Wildman–Crippen LogP) is 3.11. The zero-order valence-electron chi connectivity index (χ0n) is 9.08. The number of para-hydroxylation sites is 1. The van der Waals surface area contributed by atoms with Gasteiger partial charge < -0.3 is 4.90 Å². The zero-order valence-corrected chi connectivity index (χ0v) is 9.08. The Morgan fingerprint density at radius 1 is 1.31 bits per heavy atom. The number of azide groups is 1. The first-order valence-corrected chi connectivity index (χ1v) is 5.71. The molecule has 0 amide bonds. The Labute approximate surface area is 94.5 Å². The molecular weight excluding hydrogens is 200 g/mol. The topological polar surface area (TPSA) is 52.0 Å². The van der Waals surface area contributed by atoms with Crippen molar-refractivity contribution in [1.29, 1.82) is 0 Å². The van der Waals surface area contributed by atoms with E-state index in [4.69, 9.17) is 5.53 Å². The van der Waals surface area contributed by atoms with Gasteiger partial charge in [0.15, 0.2) is 0 Å². The van der Waals surface area contributed by atoms with E-state index in [1.54, 1.807) is 0 Å². The summed E-state index contributed by atoms with van der Waals surface area (Å²) in [5.74, 6) is 0. The van der Waals surface area contributed by atoms with Crippen molar-refractivity contribution in [3.05, 3.63) is 40.8 Å². The normalized spacial score (nSPS) is 25.5. The zero-order chi connectivity index (χ0) is 11.0. The fourth-order valence-corrected chi connectivity index (χ4v) is 2.77. The van der Waals surface area contributed by atoms with Crippen LogP contribution in [0.4, 0.5) is 5.69 Å². The molecule has 16 heavy (non-hydrogen) atoms. The second kappa shape index (κ2) is 3.42. The average Bonchev–Trinajstić information content (AvgIpc) is 2.97. The first-order valence-electron chi connectivity index (χ1n) is 5.71. The molecule has 1 spiro atoms. The van der Waals surface area contributed by atoms with Crippen LogP contribution in [0.3, 0.4) is 0 Å². The lowest BCUT2D eigenvalue weighted by atomic mass is 10.1. The van der Waals surface area contributed by atoms with Crippen LogP contribution >= 0.6 is 0 Å². The van der Waals surface area contributed by atoms with Gasteiger partial charge in [-0.1, -0.05) is 23.3 Å². The predicted molar refractivity (Wildman–Crippen MR) is 63.3 cm³/mol. The summed E-state index contributed by atoms with van der Waals surface area (Å²) in [4.78, 5) is 5.36. The molecule has 0 radical (unpaired) electrons. The van der Waals surface area contributed by atoms with E-state index in [1.165, 1.54) is 18.5 Å². The lowest BCUT2D eigenvalue weighted by molar-refractivity contribution is 0.640. The van der Waals surface area contributed by atoms with Crippen molar-refractivity contribution in [2.75, 3.05) is 11.4 Å². The van der Waals surface area contributed by atoms with Crippen LogP contribution in [0.15, 0.2) is 35.4 Å². The number of benzene rings is 1. The quantitative estimate of drug-likeness (QED) is 0.424. The molecule has 3 rings (SSSR count). The van der Waals surface area contributed by atoms with Crippen LogP contribution in [0.5, 0.6) is 0 Å². The molecule has 1 aliphatic carbocycles. The number of rotatable bonds is 2. The molecule has 2 aliphatic rings. The van der Waals surface area contributed by atoms with Crippen molar-refractivity contribution < 1.29 is 0 Å². The maximum absolute atomic E-state index is 8.51. The van der Waals surface area contributed by atoms with Crippen LogP contribution < -0.4 is 4.90 Å². The summed E-state index contributed by atoms with van der Waals surface area (Å²) >= 11 is 0. The van der Waals surface area contributed by atoms with Gasteiger partial charge in [0.25, 0.3) is 0 Å². The van der Waals surface area contributed by atoms with E-state index < -0.39 is 0 Å². The Kier molecular flexibility index (Phi) is 2.04. The Hall–Kier alpha value is -1.67. The molecule has 1 saturated heterocycles. The lowest BCUT2D eigenvalue weighted by Gasteiger charge is -2.26. The van der Waals surface area contributed by atoms with Crippen molar-refractivity contribution in [2.45, 2.75) is 30.8 Å². The third-order valence-corrected chi connectivity index (χ3v) is 3.69. The maximum Gasteiger partial charge on any atom is 0.0571 e. The van der Waals surface area contributed by atoms with Gasteiger partial charge in [0.2, 0.25) is 0 Å². The lowest BCUT2D eigenvalue weighted by Crippen LogP contribution is -2.30. The number of nitrogens with zero attached hydrogens (tertiary/aromatic N) is 4. The smallest absolute Gasteiger partial charge is 0.0571 e. The molecule has 82 valence electrons. The molecule has 0 aromatic heterocycles. The largest absolute Gasteiger partial charge is 0.365 e. The molecule has 1 heterocycles. The van der Waals surface area contributed by atoms with Crippen molar-refractivity contribution in [3.63, 3.8) is 0 Å². The minimum absolute atomic E-state index is 0.146. The van der Waals surface area contributed by atoms with E-state index in [9.17, 15) is 0 Å². The molecule has 4 nitrogen and oxygen atoms in total. The minimum Gasteiger partial charge on any atom is -0.365 e. The molecule has 0 N–H and O–H groups in total. The molecule has 4 heteroatoms. The van der Waals surface area contributed by atoms with Crippen molar-refractivity contribution >= 4 is 5.69 Å². The van der Waals surface area contributed by atoms with Crippen molar-refractivity contribution in [3.8, 4) is 0 Å². The Bertz CT molecular complexity index is 432. The van der Waals surface area contributed by atoms with Gasteiger partial charge in [-0.15, -0.1) is 0 Å². The molecule has 1 aromatic carbocycles. The molecule has 1 aliphatic heterocycles.